The van der Waals surface area contributed by atoms with Crippen LogP contribution in [0, 0.1) is 0 Å². The number of nitrogens with two attached hydrogens (primary N) is 1. The van der Waals surface area contributed by atoms with Gasteiger partial charge in [0.05, 0.1) is 0 Å². The maximum atomic E-state index is 6.16. The summed E-state index contributed by atoms with van der Waals surface area (Å²) in [5, 5.41) is 5.38. The van der Waals surface area contributed by atoms with E-state index in [0.29, 0.717) is 10.0 Å². The monoisotopic (exact) mass is 283 g/mol. The highest BCUT2D eigenvalue weighted by molar-refractivity contribution is 6.36. The molecule has 0 saturated carbocycles. The minimum Gasteiger partial charge on any atom is -0.324 e. The van der Waals surface area contributed by atoms with Crippen molar-refractivity contribution in [2.45, 2.75) is 18.9 Å². The summed E-state index contributed by atoms with van der Waals surface area (Å²) in [5.74, 6) is 0. The van der Waals surface area contributed by atoms with Crippen LogP contribution < -0.4 is 5.73 Å². The molecule has 1 aromatic carbocycles. The van der Waals surface area contributed by atoms with Crippen molar-refractivity contribution < 1.29 is 0 Å². The van der Waals surface area contributed by atoms with Gasteiger partial charge in [-0.25, -0.2) is 0 Å². The highest BCUT2D eigenvalue weighted by Gasteiger charge is 2.14. The van der Waals surface area contributed by atoms with Crippen LogP contribution in [0.2, 0.25) is 10.0 Å². The lowest BCUT2D eigenvalue weighted by atomic mass is 10.0. The predicted molar refractivity (Wildman–Crippen MR) is 74.9 cm³/mol. The summed E-state index contributed by atoms with van der Waals surface area (Å²) in [5.41, 5.74) is 8.13. The molecule has 0 aliphatic rings. The fraction of sp³-hybridized carbons (Fsp3) is 0.308. The van der Waals surface area contributed by atoms with Crippen molar-refractivity contribution in [3.05, 3.63) is 51.8 Å². The van der Waals surface area contributed by atoms with Crippen LogP contribution in [0.25, 0.3) is 0 Å². The molecule has 0 saturated heterocycles. The van der Waals surface area contributed by atoms with E-state index in [2.05, 4.69) is 5.10 Å². The average molecular weight is 284 g/mol. The molecule has 5 heteroatoms. The van der Waals surface area contributed by atoms with E-state index in [4.69, 9.17) is 28.9 Å². The summed E-state index contributed by atoms with van der Waals surface area (Å²) in [6.07, 6.45) is 3.41. The van der Waals surface area contributed by atoms with Gasteiger partial charge in [0, 0.05) is 40.6 Å². The van der Waals surface area contributed by atoms with E-state index >= 15 is 0 Å². The fourth-order valence-corrected chi connectivity index (χ4v) is 2.64. The number of hydrogen-bond acceptors (Lipinski definition) is 2. The van der Waals surface area contributed by atoms with E-state index in [-0.39, 0.29) is 6.04 Å². The van der Waals surface area contributed by atoms with E-state index in [1.54, 1.807) is 6.20 Å². The van der Waals surface area contributed by atoms with E-state index < -0.39 is 0 Å². The van der Waals surface area contributed by atoms with Crippen LogP contribution >= 0.6 is 23.2 Å². The largest absolute Gasteiger partial charge is 0.324 e. The zero-order chi connectivity index (χ0) is 13.1. The van der Waals surface area contributed by atoms with Crippen molar-refractivity contribution in [3.8, 4) is 0 Å². The van der Waals surface area contributed by atoms with Gasteiger partial charge in [0.1, 0.15) is 0 Å². The lowest BCUT2D eigenvalue weighted by molar-refractivity contribution is 0.614. The third kappa shape index (κ3) is 2.86. The number of benzene rings is 1. The molecule has 1 heterocycles. The Kier molecular flexibility index (Phi) is 4.27. The Labute approximate surface area is 117 Å². The Hall–Kier alpha value is -1.03. The molecule has 2 rings (SSSR count). The Morgan fingerprint density at radius 2 is 1.94 bits per heavy atom. The molecule has 1 atom stereocenters. The highest BCUT2D eigenvalue weighted by Crippen LogP contribution is 2.31. The summed E-state index contributed by atoms with van der Waals surface area (Å²) in [7, 11) is 1.92. The molecular formula is C13H15Cl2N3. The molecule has 0 aliphatic carbocycles. The first-order valence-electron chi connectivity index (χ1n) is 5.76. The Morgan fingerprint density at radius 3 is 2.50 bits per heavy atom. The zero-order valence-electron chi connectivity index (χ0n) is 10.1. The number of nitrogens with zero attached hydrogens (tertiary/aromatic N) is 2. The minimum absolute atomic E-state index is 0.166. The minimum atomic E-state index is -0.166. The molecule has 0 bridgehead atoms. The lowest BCUT2D eigenvalue weighted by Crippen LogP contribution is -2.13. The maximum absolute atomic E-state index is 6.16. The van der Waals surface area contributed by atoms with Crippen LogP contribution in [-0.2, 0) is 13.5 Å². The first kappa shape index (κ1) is 13.4. The third-order valence-corrected chi connectivity index (χ3v) is 3.66. The van der Waals surface area contributed by atoms with E-state index in [1.807, 2.05) is 36.0 Å². The smallest absolute Gasteiger partial charge is 0.0492 e. The van der Waals surface area contributed by atoms with Gasteiger partial charge in [0.25, 0.3) is 0 Å². The highest BCUT2D eigenvalue weighted by atomic mass is 35.5. The molecule has 96 valence electrons. The number of hydrogen-bond donors (Lipinski definition) is 1. The van der Waals surface area contributed by atoms with Crippen LogP contribution in [0.1, 0.15) is 23.7 Å². The van der Waals surface area contributed by atoms with E-state index in [1.165, 1.54) is 0 Å². The van der Waals surface area contributed by atoms with Crippen LogP contribution in [0.15, 0.2) is 30.5 Å². The second-order valence-electron chi connectivity index (χ2n) is 4.23. The second kappa shape index (κ2) is 5.74. The van der Waals surface area contributed by atoms with Gasteiger partial charge >= 0.3 is 0 Å². The molecule has 3 nitrogen and oxygen atoms in total. The molecular weight excluding hydrogens is 269 g/mol. The number of halogens is 2. The summed E-state index contributed by atoms with van der Waals surface area (Å²) in [4.78, 5) is 0. The molecule has 0 aliphatic heterocycles. The molecule has 1 aromatic heterocycles. The predicted octanol–water partition coefficient (Wildman–Crippen LogP) is 3.36. The number of aryl methyl sites for hydroxylation is 2. The average Bonchev–Trinajstić information content (AvgIpc) is 2.72. The van der Waals surface area contributed by atoms with Gasteiger partial charge in [0.2, 0.25) is 0 Å². The summed E-state index contributed by atoms with van der Waals surface area (Å²) < 4.78 is 1.85. The maximum Gasteiger partial charge on any atom is 0.0492 e. The van der Waals surface area contributed by atoms with Gasteiger partial charge in [-0.2, -0.15) is 5.10 Å². The lowest BCUT2D eigenvalue weighted by Gasteiger charge is -2.15. The molecule has 2 N–H and O–H groups in total. The van der Waals surface area contributed by atoms with Gasteiger partial charge in [0.15, 0.2) is 0 Å². The van der Waals surface area contributed by atoms with Gasteiger partial charge in [-0.15, -0.1) is 0 Å². The normalized spacial score (nSPS) is 12.7. The Bertz CT molecular complexity index is 517. The van der Waals surface area contributed by atoms with Crippen LogP contribution in [0.4, 0.5) is 0 Å². The van der Waals surface area contributed by atoms with Crippen molar-refractivity contribution in [2.24, 2.45) is 12.8 Å². The second-order valence-corrected chi connectivity index (χ2v) is 5.04. The molecule has 0 amide bonds. The van der Waals surface area contributed by atoms with Gasteiger partial charge in [-0.1, -0.05) is 29.3 Å². The number of rotatable bonds is 4. The summed E-state index contributed by atoms with van der Waals surface area (Å²) in [6, 6.07) is 7.27. The Balaban J connectivity index is 2.08. The van der Waals surface area contributed by atoms with Crippen LogP contribution in [0.3, 0.4) is 0 Å². The molecule has 2 aromatic rings. The van der Waals surface area contributed by atoms with E-state index in [9.17, 15) is 0 Å². The van der Waals surface area contributed by atoms with Crippen molar-refractivity contribution in [1.29, 1.82) is 0 Å². The van der Waals surface area contributed by atoms with Crippen molar-refractivity contribution in [1.82, 2.24) is 9.78 Å². The zero-order valence-corrected chi connectivity index (χ0v) is 11.6. The summed E-state index contributed by atoms with van der Waals surface area (Å²) in [6.45, 7) is 0. The van der Waals surface area contributed by atoms with Crippen LogP contribution in [-0.4, -0.2) is 9.78 Å². The quantitative estimate of drug-likeness (QED) is 0.935. The van der Waals surface area contributed by atoms with Gasteiger partial charge in [-0.05, 0) is 31.0 Å². The first-order valence-corrected chi connectivity index (χ1v) is 6.51. The SMILES string of the molecule is Cn1nccc1CCC(N)c1c(Cl)cccc1Cl. The molecule has 18 heavy (non-hydrogen) atoms. The fourth-order valence-electron chi connectivity index (χ4n) is 1.96. The summed E-state index contributed by atoms with van der Waals surface area (Å²) >= 11 is 12.3. The van der Waals surface area contributed by atoms with Crippen LogP contribution in [0.5, 0.6) is 0 Å². The first-order chi connectivity index (χ1) is 8.59. The van der Waals surface area contributed by atoms with Crippen molar-refractivity contribution in [3.63, 3.8) is 0 Å². The third-order valence-electron chi connectivity index (χ3n) is 3.00. The molecule has 1 unspecified atom stereocenters. The van der Waals surface area contributed by atoms with Gasteiger partial charge in [-0.3, -0.25) is 4.68 Å². The van der Waals surface area contributed by atoms with Gasteiger partial charge < -0.3 is 5.73 Å². The Morgan fingerprint density at radius 1 is 1.28 bits per heavy atom. The molecule has 0 fully saturated rings. The standard InChI is InChI=1S/C13H15Cl2N3/c1-18-9(7-8-17-18)5-6-12(16)13-10(14)3-2-4-11(13)15/h2-4,7-8,12H,5-6,16H2,1H3. The van der Waals surface area contributed by atoms with E-state index in [0.717, 1.165) is 24.1 Å². The van der Waals surface area contributed by atoms with Crippen molar-refractivity contribution >= 4 is 23.2 Å². The number of aromatic nitrogens is 2. The van der Waals surface area contributed by atoms with Crippen molar-refractivity contribution in [2.75, 3.05) is 0 Å². The molecule has 0 radical (unpaired) electrons. The topological polar surface area (TPSA) is 43.8 Å². The molecule has 0 spiro atoms.